The zero-order valence-electron chi connectivity index (χ0n) is 17.7. The van der Waals surface area contributed by atoms with Gasteiger partial charge in [-0.15, -0.1) is 0 Å². The molecular weight excluding hydrogens is 394 g/mol. The molecule has 0 aliphatic carbocycles. The van der Waals surface area contributed by atoms with Gasteiger partial charge in [0.25, 0.3) is 5.91 Å². The van der Waals surface area contributed by atoms with Crippen LogP contribution >= 0.6 is 0 Å². The number of nitrogens with one attached hydrogen (secondary N) is 1. The summed E-state index contributed by atoms with van der Waals surface area (Å²) in [6.45, 7) is 2.45. The molecule has 31 heavy (non-hydrogen) atoms. The summed E-state index contributed by atoms with van der Waals surface area (Å²) in [7, 11) is 1.97. The van der Waals surface area contributed by atoms with E-state index >= 15 is 0 Å². The van der Waals surface area contributed by atoms with Gasteiger partial charge in [-0.2, -0.15) is 5.10 Å². The van der Waals surface area contributed by atoms with Gasteiger partial charge in [0.1, 0.15) is 5.82 Å². The predicted octanol–water partition coefficient (Wildman–Crippen LogP) is 2.83. The molecule has 4 heterocycles. The second kappa shape index (κ2) is 8.19. The van der Waals surface area contributed by atoms with Crippen LogP contribution in [-0.2, 0) is 16.6 Å². The van der Waals surface area contributed by atoms with E-state index in [1.807, 2.05) is 57.7 Å². The predicted molar refractivity (Wildman–Crippen MR) is 117 cm³/mol. The maximum atomic E-state index is 13.2. The number of piperidine rings is 1. The molecule has 2 fully saturated rings. The van der Waals surface area contributed by atoms with Crippen molar-refractivity contribution in [3.8, 4) is 0 Å². The number of para-hydroxylation sites is 1. The molecule has 1 aromatic carbocycles. The Labute approximate surface area is 180 Å². The van der Waals surface area contributed by atoms with Gasteiger partial charge in [-0.3, -0.25) is 9.59 Å². The van der Waals surface area contributed by atoms with Gasteiger partial charge in [0, 0.05) is 49.9 Å². The first-order valence-electron chi connectivity index (χ1n) is 10.9. The van der Waals surface area contributed by atoms with Gasteiger partial charge in [-0.1, -0.05) is 18.2 Å². The second-order valence-corrected chi connectivity index (χ2v) is 8.40. The third-order valence-corrected chi connectivity index (χ3v) is 6.45. The minimum Gasteiger partial charge on any atom is -0.381 e. The van der Waals surface area contributed by atoms with Crippen LogP contribution in [-0.4, -0.2) is 57.4 Å². The van der Waals surface area contributed by atoms with E-state index < -0.39 is 0 Å². The van der Waals surface area contributed by atoms with Crippen LogP contribution in [0.2, 0.25) is 0 Å². The molecule has 0 radical (unpaired) electrons. The molecule has 5 rings (SSSR count). The Morgan fingerprint density at radius 3 is 2.71 bits per heavy atom. The summed E-state index contributed by atoms with van der Waals surface area (Å²) in [5, 5.41) is 8.46. The second-order valence-electron chi connectivity index (χ2n) is 8.40. The van der Waals surface area contributed by atoms with Gasteiger partial charge in [0.05, 0.1) is 30.3 Å². The topological polar surface area (TPSA) is 81.4 Å². The molecule has 1 atom stereocenters. The molecule has 2 aromatic heterocycles. The Hall–Kier alpha value is -3.13. The van der Waals surface area contributed by atoms with Gasteiger partial charge in [0.2, 0.25) is 5.91 Å². The highest BCUT2D eigenvalue weighted by Gasteiger charge is 2.29. The summed E-state index contributed by atoms with van der Waals surface area (Å²) in [5.74, 6) is 0.688. The first kappa shape index (κ1) is 19.8. The van der Waals surface area contributed by atoms with Crippen LogP contribution in [0.3, 0.4) is 0 Å². The van der Waals surface area contributed by atoms with Crippen LogP contribution < -0.4 is 5.32 Å². The van der Waals surface area contributed by atoms with Crippen LogP contribution in [0.5, 0.6) is 0 Å². The van der Waals surface area contributed by atoms with Crippen LogP contribution in [0, 0.1) is 5.92 Å². The smallest absolute Gasteiger partial charge is 0.256 e. The Bertz CT molecular complexity index is 1100. The first-order valence-corrected chi connectivity index (χ1v) is 10.9. The lowest BCUT2D eigenvalue weighted by molar-refractivity contribution is -0.119. The summed E-state index contributed by atoms with van der Waals surface area (Å²) in [5.41, 5.74) is 1.81. The quantitative estimate of drug-likeness (QED) is 0.702. The van der Waals surface area contributed by atoms with Crippen LogP contribution in [0.15, 0.2) is 42.7 Å². The summed E-state index contributed by atoms with van der Waals surface area (Å²) >= 11 is 0. The molecule has 3 aromatic rings. The molecule has 8 heteroatoms. The third kappa shape index (κ3) is 3.72. The zero-order chi connectivity index (χ0) is 21.4. The van der Waals surface area contributed by atoms with E-state index in [-0.39, 0.29) is 23.8 Å². The van der Waals surface area contributed by atoms with Gasteiger partial charge >= 0.3 is 0 Å². The number of benzene rings is 1. The van der Waals surface area contributed by atoms with E-state index in [9.17, 15) is 9.59 Å². The lowest BCUT2D eigenvalue weighted by Gasteiger charge is -2.32. The Kier molecular flexibility index (Phi) is 5.23. The number of amides is 2. The summed E-state index contributed by atoms with van der Waals surface area (Å²) in [4.78, 5) is 27.6. The monoisotopic (exact) mass is 421 g/mol. The fourth-order valence-electron chi connectivity index (χ4n) is 4.67. The lowest BCUT2D eigenvalue weighted by Crippen LogP contribution is -2.39. The number of aromatic nitrogens is 3. The van der Waals surface area contributed by atoms with Crippen molar-refractivity contribution in [2.75, 3.05) is 31.6 Å². The average molecular weight is 422 g/mol. The first-order chi connectivity index (χ1) is 15.1. The highest BCUT2D eigenvalue weighted by atomic mass is 16.5. The molecule has 2 saturated heterocycles. The number of likely N-dealkylation sites (tertiary alicyclic amines) is 1. The molecule has 0 unspecified atom stereocenters. The van der Waals surface area contributed by atoms with Gasteiger partial charge in [-0.25, -0.2) is 4.68 Å². The molecule has 1 N–H and O–H groups in total. The van der Waals surface area contributed by atoms with Gasteiger partial charge in [0.15, 0.2) is 0 Å². The number of carbonyl (C=O) groups is 2. The number of nitrogens with zero attached hydrogens (tertiary/aromatic N) is 4. The van der Waals surface area contributed by atoms with Crippen molar-refractivity contribution in [3.05, 3.63) is 48.3 Å². The number of ether oxygens (including phenoxy) is 1. The number of aryl methyl sites for hydroxylation is 1. The highest BCUT2D eigenvalue weighted by Crippen LogP contribution is 2.28. The summed E-state index contributed by atoms with van der Waals surface area (Å²) in [6, 6.07) is 9.98. The van der Waals surface area contributed by atoms with E-state index in [1.54, 1.807) is 6.20 Å². The number of anilines is 1. The van der Waals surface area contributed by atoms with Crippen LogP contribution in [0.25, 0.3) is 10.9 Å². The Balaban J connectivity index is 1.25. The number of hydrogen-bond donors (Lipinski definition) is 1. The van der Waals surface area contributed by atoms with Crippen molar-refractivity contribution in [1.29, 1.82) is 0 Å². The standard InChI is InChI=1S/C23H27N5O3/c1-26-14-19(18-4-2-3-5-20(18)26)23(30)27-11-7-17(8-12-27)28-21(6-10-24-28)25-22(29)16-9-13-31-15-16/h2-6,10,14,16-17H,7-9,11-13,15H2,1H3,(H,25,29)/t16-/m0/s1. The van der Waals surface area contributed by atoms with Crippen molar-refractivity contribution >= 4 is 28.5 Å². The normalized spacial score (nSPS) is 19.8. The van der Waals surface area contributed by atoms with Gasteiger partial charge < -0.3 is 19.5 Å². The largest absolute Gasteiger partial charge is 0.381 e. The molecule has 162 valence electrons. The molecule has 0 bridgehead atoms. The fourth-order valence-corrected chi connectivity index (χ4v) is 4.67. The molecule has 2 aliphatic heterocycles. The van der Waals surface area contributed by atoms with Gasteiger partial charge in [-0.05, 0) is 25.3 Å². The maximum Gasteiger partial charge on any atom is 0.256 e. The number of fused-ring (bicyclic) bond motifs is 1. The number of hydrogen-bond acceptors (Lipinski definition) is 4. The SMILES string of the molecule is Cn1cc(C(=O)N2CCC(n3nccc3NC(=O)[C@H]3CCOC3)CC2)c2ccccc21. The lowest BCUT2D eigenvalue weighted by atomic mass is 10.0. The van der Waals surface area contributed by atoms with Crippen molar-refractivity contribution in [3.63, 3.8) is 0 Å². The van der Waals surface area contributed by atoms with Crippen LogP contribution in [0.4, 0.5) is 5.82 Å². The third-order valence-electron chi connectivity index (χ3n) is 6.45. The molecule has 0 saturated carbocycles. The van der Waals surface area contributed by atoms with Crippen molar-refractivity contribution in [2.45, 2.75) is 25.3 Å². The molecule has 8 nitrogen and oxygen atoms in total. The number of rotatable bonds is 4. The van der Waals surface area contributed by atoms with E-state index in [0.29, 0.717) is 26.3 Å². The average Bonchev–Trinajstić information content (AvgIpc) is 3.54. The molecule has 2 aliphatic rings. The van der Waals surface area contributed by atoms with Crippen molar-refractivity contribution in [1.82, 2.24) is 19.2 Å². The minimum atomic E-state index is -0.0940. The zero-order valence-corrected chi connectivity index (χ0v) is 17.7. The van der Waals surface area contributed by atoms with Crippen LogP contribution in [0.1, 0.15) is 35.7 Å². The van der Waals surface area contributed by atoms with Crippen molar-refractivity contribution in [2.24, 2.45) is 13.0 Å². The molecule has 0 spiro atoms. The summed E-state index contributed by atoms with van der Waals surface area (Å²) in [6.07, 6.45) is 6.00. The fraction of sp³-hybridized carbons (Fsp3) is 0.435. The molecule has 2 amide bonds. The number of carbonyl (C=O) groups excluding carboxylic acids is 2. The van der Waals surface area contributed by atoms with Crippen molar-refractivity contribution < 1.29 is 14.3 Å². The maximum absolute atomic E-state index is 13.2. The Morgan fingerprint density at radius 2 is 1.94 bits per heavy atom. The van der Waals surface area contributed by atoms with E-state index in [1.165, 1.54) is 0 Å². The minimum absolute atomic E-state index is 0.0113. The highest BCUT2D eigenvalue weighted by molar-refractivity contribution is 6.07. The van der Waals surface area contributed by atoms with E-state index in [4.69, 9.17) is 4.74 Å². The molecular formula is C23H27N5O3. The van der Waals surface area contributed by atoms with E-state index in [0.717, 1.165) is 41.5 Å². The van der Waals surface area contributed by atoms with E-state index in [2.05, 4.69) is 10.4 Å². The summed E-state index contributed by atoms with van der Waals surface area (Å²) < 4.78 is 9.22. The Morgan fingerprint density at radius 1 is 1.13 bits per heavy atom.